The van der Waals surface area contributed by atoms with Crippen LogP contribution in [0.25, 0.3) is 21.5 Å². The van der Waals surface area contributed by atoms with E-state index in [9.17, 15) is 0 Å². The SMILES string of the molecule is CCC[Si](C)(Cl)c1cccc2cc3ccccc3cc12. The molecule has 0 saturated heterocycles. The molecule has 0 saturated carbocycles. The van der Waals surface area contributed by atoms with Crippen LogP contribution in [0.15, 0.2) is 54.6 Å². The Balaban J connectivity index is 2.30. The number of fused-ring (bicyclic) bond motifs is 2. The van der Waals surface area contributed by atoms with Crippen LogP contribution in [0.5, 0.6) is 0 Å². The molecule has 1 unspecified atom stereocenters. The summed E-state index contributed by atoms with van der Waals surface area (Å²) in [5, 5.41) is 6.61. The minimum absolute atomic E-state index is 1.13. The van der Waals surface area contributed by atoms with Gasteiger partial charge < -0.3 is 0 Å². The molecule has 0 bridgehead atoms. The molecule has 0 amide bonds. The second-order valence-corrected chi connectivity index (χ2v) is 11.6. The Bertz CT molecular complexity index is 762. The summed E-state index contributed by atoms with van der Waals surface area (Å²) in [5.41, 5.74) is 0. The Morgan fingerprint density at radius 2 is 1.55 bits per heavy atom. The number of benzene rings is 3. The Kier molecular flexibility index (Phi) is 3.57. The van der Waals surface area contributed by atoms with E-state index in [2.05, 4.69) is 68.1 Å². The lowest BCUT2D eigenvalue weighted by Gasteiger charge is -2.21. The third-order valence-electron chi connectivity index (χ3n) is 4.03. The van der Waals surface area contributed by atoms with Gasteiger partial charge in [0.05, 0.1) is 0 Å². The molecule has 3 rings (SSSR count). The lowest BCUT2D eigenvalue weighted by Crippen LogP contribution is -2.38. The summed E-state index contributed by atoms with van der Waals surface area (Å²) in [5.74, 6) is 0. The molecule has 1 atom stereocenters. The standard InChI is InChI=1S/C18H19ClSi/c1-3-11-20(2,19)18-10-6-9-16-12-14-7-4-5-8-15(14)13-17(16)18/h4-10,12-13H,3,11H2,1-2H3. The van der Waals surface area contributed by atoms with Crippen molar-refractivity contribution in [1.29, 1.82) is 0 Å². The molecule has 0 heterocycles. The second kappa shape index (κ2) is 5.23. The van der Waals surface area contributed by atoms with E-state index in [0.29, 0.717) is 0 Å². The van der Waals surface area contributed by atoms with E-state index in [1.165, 1.54) is 26.7 Å². The molecule has 0 nitrogen and oxygen atoms in total. The minimum Gasteiger partial charge on any atom is -0.161 e. The molecule has 0 fully saturated rings. The molecule has 0 aromatic heterocycles. The molecule has 0 N–H and O–H groups in total. The fourth-order valence-corrected chi connectivity index (χ4v) is 6.52. The van der Waals surface area contributed by atoms with E-state index in [4.69, 9.17) is 11.1 Å². The summed E-state index contributed by atoms with van der Waals surface area (Å²) >= 11 is 6.93. The summed E-state index contributed by atoms with van der Waals surface area (Å²) in [6.07, 6.45) is 1.15. The molecule has 3 aromatic carbocycles. The topological polar surface area (TPSA) is 0 Å². The zero-order chi connectivity index (χ0) is 14.2. The Morgan fingerprint density at radius 3 is 2.25 bits per heavy atom. The van der Waals surface area contributed by atoms with Gasteiger partial charge in [0.15, 0.2) is 7.38 Å². The molecular formula is C18H19ClSi. The van der Waals surface area contributed by atoms with Crippen molar-refractivity contribution in [3.8, 4) is 0 Å². The van der Waals surface area contributed by atoms with E-state index in [1.54, 1.807) is 0 Å². The molecular weight excluding hydrogens is 280 g/mol. The molecule has 0 aliphatic heterocycles. The van der Waals surface area contributed by atoms with Gasteiger partial charge in [-0.15, -0.1) is 0 Å². The predicted octanol–water partition coefficient (Wildman–Crippen LogP) is 5.42. The molecule has 0 radical (unpaired) electrons. The van der Waals surface area contributed by atoms with Crippen LogP contribution >= 0.6 is 11.1 Å². The first-order valence-electron chi connectivity index (χ1n) is 7.23. The Hall–Kier alpha value is -1.31. The van der Waals surface area contributed by atoms with Crippen LogP contribution in [0.1, 0.15) is 13.3 Å². The first kappa shape index (κ1) is 13.7. The number of hydrogen-bond donors (Lipinski definition) is 0. The highest BCUT2D eigenvalue weighted by molar-refractivity contribution is 7.27. The third-order valence-corrected chi connectivity index (χ3v) is 8.20. The quantitative estimate of drug-likeness (QED) is 0.344. The predicted molar refractivity (Wildman–Crippen MR) is 93.7 cm³/mol. The van der Waals surface area contributed by atoms with Crippen molar-refractivity contribution in [2.45, 2.75) is 25.9 Å². The normalized spacial score (nSPS) is 14.6. The van der Waals surface area contributed by atoms with Gasteiger partial charge >= 0.3 is 0 Å². The maximum atomic E-state index is 6.93. The van der Waals surface area contributed by atoms with Crippen LogP contribution in [0, 0.1) is 0 Å². The number of rotatable bonds is 3. The van der Waals surface area contributed by atoms with Crippen molar-refractivity contribution in [3.63, 3.8) is 0 Å². The summed E-state index contributed by atoms with van der Waals surface area (Å²) in [6, 6.07) is 20.8. The van der Waals surface area contributed by atoms with Gasteiger partial charge in [0, 0.05) is 0 Å². The molecule has 3 aromatic rings. The van der Waals surface area contributed by atoms with Crippen LogP contribution < -0.4 is 5.19 Å². The van der Waals surface area contributed by atoms with Gasteiger partial charge in [-0.3, -0.25) is 0 Å². The van der Waals surface area contributed by atoms with Crippen LogP contribution in [-0.2, 0) is 0 Å². The van der Waals surface area contributed by atoms with Crippen molar-refractivity contribution in [3.05, 3.63) is 54.6 Å². The van der Waals surface area contributed by atoms with Crippen molar-refractivity contribution in [2.75, 3.05) is 0 Å². The average Bonchev–Trinajstić information content (AvgIpc) is 2.44. The highest BCUT2D eigenvalue weighted by Gasteiger charge is 2.27. The zero-order valence-corrected chi connectivity index (χ0v) is 13.7. The van der Waals surface area contributed by atoms with Crippen LogP contribution in [0.4, 0.5) is 0 Å². The largest absolute Gasteiger partial charge is 0.184 e. The average molecular weight is 299 g/mol. The van der Waals surface area contributed by atoms with Gasteiger partial charge in [0.25, 0.3) is 0 Å². The maximum absolute atomic E-state index is 6.93. The van der Waals surface area contributed by atoms with Crippen LogP contribution in [0.2, 0.25) is 12.6 Å². The fourth-order valence-electron chi connectivity index (χ4n) is 3.03. The van der Waals surface area contributed by atoms with Crippen molar-refractivity contribution < 1.29 is 0 Å². The Labute approximate surface area is 126 Å². The van der Waals surface area contributed by atoms with Crippen molar-refractivity contribution in [1.82, 2.24) is 0 Å². The molecule has 0 aliphatic rings. The minimum atomic E-state index is -1.86. The summed E-state index contributed by atoms with van der Waals surface area (Å²) in [7, 11) is -1.86. The van der Waals surface area contributed by atoms with Crippen molar-refractivity contribution in [2.24, 2.45) is 0 Å². The molecule has 0 aliphatic carbocycles. The van der Waals surface area contributed by atoms with Gasteiger partial charge in [-0.25, -0.2) is 0 Å². The van der Waals surface area contributed by atoms with E-state index < -0.39 is 7.38 Å². The fraction of sp³-hybridized carbons (Fsp3) is 0.222. The second-order valence-electron chi connectivity index (χ2n) is 5.67. The first-order chi connectivity index (χ1) is 9.62. The molecule has 2 heteroatoms. The highest BCUT2D eigenvalue weighted by atomic mass is 35.6. The summed E-state index contributed by atoms with van der Waals surface area (Å²) in [6.45, 7) is 4.48. The highest BCUT2D eigenvalue weighted by Crippen LogP contribution is 2.26. The third kappa shape index (κ3) is 2.36. The molecule has 102 valence electrons. The van der Waals surface area contributed by atoms with Gasteiger partial charge in [-0.2, -0.15) is 11.1 Å². The van der Waals surface area contributed by atoms with Gasteiger partial charge in [0.2, 0.25) is 0 Å². The molecule has 20 heavy (non-hydrogen) atoms. The zero-order valence-electron chi connectivity index (χ0n) is 12.0. The van der Waals surface area contributed by atoms with Gasteiger partial charge in [-0.05, 0) is 44.9 Å². The lowest BCUT2D eigenvalue weighted by molar-refractivity contribution is 1.06. The summed E-state index contributed by atoms with van der Waals surface area (Å²) in [4.78, 5) is 0. The van der Waals surface area contributed by atoms with Crippen molar-refractivity contribution >= 4 is 45.2 Å². The molecule has 0 spiro atoms. The van der Waals surface area contributed by atoms with E-state index >= 15 is 0 Å². The smallest absolute Gasteiger partial charge is 0.161 e. The van der Waals surface area contributed by atoms with Crippen LogP contribution in [-0.4, -0.2) is 7.38 Å². The van der Waals surface area contributed by atoms with Gasteiger partial charge in [-0.1, -0.05) is 62.4 Å². The Morgan fingerprint density at radius 1 is 0.900 bits per heavy atom. The van der Waals surface area contributed by atoms with Crippen LogP contribution in [0.3, 0.4) is 0 Å². The maximum Gasteiger partial charge on any atom is 0.184 e. The van der Waals surface area contributed by atoms with E-state index in [-0.39, 0.29) is 0 Å². The summed E-state index contributed by atoms with van der Waals surface area (Å²) < 4.78 is 0. The lowest BCUT2D eigenvalue weighted by atomic mass is 10.0. The van der Waals surface area contributed by atoms with Gasteiger partial charge in [0.1, 0.15) is 0 Å². The number of hydrogen-bond acceptors (Lipinski definition) is 0. The van der Waals surface area contributed by atoms with E-state index in [0.717, 1.165) is 12.5 Å². The monoisotopic (exact) mass is 298 g/mol. The number of halogens is 1. The first-order valence-corrected chi connectivity index (χ1v) is 10.9. The van der Waals surface area contributed by atoms with E-state index in [1.807, 2.05) is 0 Å².